The molecule has 2 heterocycles. The molecule has 4 nitrogen and oxygen atoms in total. The fraction of sp³-hybridized carbons (Fsp3) is 0.750. The van der Waals surface area contributed by atoms with Crippen molar-refractivity contribution in [2.24, 2.45) is 5.73 Å². The van der Waals surface area contributed by atoms with Crippen LogP contribution >= 0.6 is 24.8 Å². The van der Waals surface area contributed by atoms with E-state index in [1.807, 2.05) is 6.92 Å². The zero-order valence-electron chi connectivity index (χ0n) is 8.14. The van der Waals surface area contributed by atoms with Gasteiger partial charge in [-0.25, -0.2) is 0 Å². The molecule has 0 radical (unpaired) electrons. The average molecular weight is 239 g/mol. The van der Waals surface area contributed by atoms with Crippen molar-refractivity contribution in [2.45, 2.75) is 38.8 Å². The van der Waals surface area contributed by atoms with Crippen LogP contribution in [-0.2, 0) is 13.0 Å². The molecule has 2 N–H and O–H groups in total. The topological polar surface area (TPSA) is 56.7 Å². The highest BCUT2D eigenvalue weighted by Gasteiger charge is 2.15. The van der Waals surface area contributed by atoms with Crippen LogP contribution in [0.4, 0.5) is 0 Å². The summed E-state index contributed by atoms with van der Waals surface area (Å²) in [7, 11) is 0. The van der Waals surface area contributed by atoms with Crippen LogP contribution in [-0.4, -0.2) is 20.8 Å². The number of nitrogens with zero attached hydrogens (tertiary/aromatic N) is 3. The number of hydrogen-bond acceptors (Lipinski definition) is 3. The molecule has 82 valence electrons. The molecular formula is C8H16Cl2N4. The Balaban J connectivity index is 0.000000845. The van der Waals surface area contributed by atoms with E-state index in [4.69, 9.17) is 5.73 Å². The van der Waals surface area contributed by atoms with E-state index in [-0.39, 0.29) is 24.8 Å². The Morgan fingerprint density at radius 3 is 2.71 bits per heavy atom. The first kappa shape index (κ1) is 13.7. The number of hydrogen-bond donors (Lipinski definition) is 1. The molecule has 0 aliphatic carbocycles. The van der Waals surface area contributed by atoms with Gasteiger partial charge in [0.2, 0.25) is 0 Å². The number of nitrogens with two attached hydrogens (primary N) is 1. The summed E-state index contributed by atoms with van der Waals surface area (Å²) >= 11 is 0. The first-order valence-corrected chi connectivity index (χ1v) is 4.41. The maximum absolute atomic E-state index is 5.86. The zero-order valence-corrected chi connectivity index (χ0v) is 9.77. The van der Waals surface area contributed by atoms with Crippen LogP contribution in [0.5, 0.6) is 0 Å². The molecule has 0 saturated heterocycles. The second-order valence-electron chi connectivity index (χ2n) is 3.40. The molecule has 0 spiro atoms. The van der Waals surface area contributed by atoms with Crippen LogP contribution in [0.25, 0.3) is 0 Å². The second kappa shape index (κ2) is 5.53. The first-order valence-electron chi connectivity index (χ1n) is 4.41. The van der Waals surface area contributed by atoms with Gasteiger partial charge in [-0.15, -0.1) is 35.0 Å². The van der Waals surface area contributed by atoms with Gasteiger partial charge in [0.15, 0.2) is 0 Å². The minimum Gasteiger partial charge on any atom is -0.328 e. The Hall–Kier alpha value is -0.320. The number of aromatic nitrogens is 3. The van der Waals surface area contributed by atoms with E-state index in [2.05, 4.69) is 14.8 Å². The Bertz CT molecular complexity index is 287. The van der Waals surface area contributed by atoms with Gasteiger partial charge in [-0.2, -0.15) is 0 Å². The fourth-order valence-corrected chi connectivity index (χ4v) is 1.65. The lowest BCUT2D eigenvalue weighted by atomic mass is 10.1. The van der Waals surface area contributed by atoms with Crippen LogP contribution in [0.1, 0.15) is 24.5 Å². The predicted molar refractivity (Wildman–Crippen MR) is 60.2 cm³/mol. The molecule has 1 aromatic rings. The molecular weight excluding hydrogens is 223 g/mol. The van der Waals surface area contributed by atoms with Crippen LogP contribution < -0.4 is 5.73 Å². The monoisotopic (exact) mass is 238 g/mol. The Morgan fingerprint density at radius 1 is 1.29 bits per heavy atom. The van der Waals surface area contributed by atoms with Crippen LogP contribution in [0.15, 0.2) is 0 Å². The van der Waals surface area contributed by atoms with Crippen molar-refractivity contribution >= 4 is 24.8 Å². The van der Waals surface area contributed by atoms with Crippen molar-refractivity contribution in [3.63, 3.8) is 0 Å². The average Bonchev–Trinajstić information content (AvgIpc) is 2.28. The van der Waals surface area contributed by atoms with Crippen molar-refractivity contribution in [3.8, 4) is 0 Å². The molecule has 14 heavy (non-hydrogen) atoms. The van der Waals surface area contributed by atoms with E-state index in [0.717, 1.165) is 37.5 Å². The highest BCUT2D eigenvalue weighted by Crippen LogP contribution is 2.12. The van der Waals surface area contributed by atoms with Gasteiger partial charge in [0.05, 0.1) is 0 Å². The minimum absolute atomic E-state index is 0. The van der Waals surface area contributed by atoms with Crippen molar-refractivity contribution in [1.29, 1.82) is 0 Å². The number of halogens is 2. The summed E-state index contributed by atoms with van der Waals surface area (Å²) < 4.78 is 2.17. The van der Waals surface area contributed by atoms with Gasteiger partial charge in [0.25, 0.3) is 0 Å². The van der Waals surface area contributed by atoms with Crippen LogP contribution in [0.3, 0.4) is 0 Å². The first-order chi connectivity index (χ1) is 5.77. The van der Waals surface area contributed by atoms with Gasteiger partial charge in [0.1, 0.15) is 11.6 Å². The van der Waals surface area contributed by atoms with E-state index in [9.17, 15) is 0 Å². The van der Waals surface area contributed by atoms with Crippen molar-refractivity contribution < 1.29 is 0 Å². The molecule has 0 aromatic carbocycles. The molecule has 1 aliphatic heterocycles. The van der Waals surface area contributed by atoms with Crippen molar-refractivity contribution in [1.82, 2.24) is 14.8 Å². The lowest BCUT2D eigenvalue weighted by Crippen LogP contribution is -2.20. The molecule has 1 atom stereocenters. The molecule has 2 rings (SSSR count). The number of fused-ring (bicyclic) bond motifs is 1. The summed E-state index contributed by atoms with van der Waals surface area (Å²) in [5.41, 5.74) is 5.86. The largest absolute Gasteiger partial charge is 0.328 e. The maximum Gasteiger partial charge on any atom is 0.133 e. The number of rotatable bonds is 0. The molecule has 0 fully saturated rings. The number of aryl methyl sites for hydroxylation is 2. The predicted octanol–water partition coefficient (Wildman–Crippen LogP) is 1.09. The highest BCUT2D eigenvalue weighted by molar-refractivity contribution is 5.85. The Kier molecular flexibility index (Phi) is 5.41. The smallest absolute Gasteiger partial charge is 0.133 e. The van der Waals surface area contributed by atoms with E-state index < -0.39 is 0 Å². The standard InChI is InChI=1S/C8H14N4.2ClH/c1-6-10-11-8-3-2-7(9)4-5-12(6)8;;/h7H,2-5,9H2,1H3;2*1H. The molecule has 1 aliphatic rings. The Morgan fingerprint density at radius 2 is 2.00 bits per heavy atom. The summed E-state index contributed by atoms with van der Waals surface area (Å²) in [6.07, 6.45) is 3.06. The SMILES string of the molecule is Cc1nnc2n1CCC(N)CC2.Cl.Cl. The molecule has 0 saturated carbocycles. The van der Waals surface area contributed by atoms with Gasteiger partial charge >= 0.3 is 0 Å². The van der Waals surface area contributed by atoms with E-state index in [1.165, 1.54) is 0 Å². The molecule has 6 heteroatoms. The molecule has 0 amide bonds. The van der Waals surface area contributed by atoms with Gasteiger partial charge in [-0.1, -0.05) is 0 Å². The van der Waals surface area contributed by atoms with Gasteiger partial charge in [-0.3, -0.25) is 0 Å². The maximum atomic E-state index is 5.86. The van der Waals surface area contributed by atoms with Crippen molar-refractivity contribution in [2.75, 3.05) is 0 Å². The highest BCUT2D eigenvalue weighted by atomic mass is 35.5. The summed E-state index contributed by atoms with van der Waals surface area (Å²) in [4.78, 5) is 0. The molecule has 1 unspecified atom stereocenters. The third-order valence-corrected chi connectivity index (χ3v) is 2.47. The summed E-state index contributed by atoms with van der Waals surface area (Å²) in [6, 6.07) is 0.339. The van der Waals surface area contributed by atoms with Crippen LogP contribution in [0.2, 0.25) is 0 Å². The van der Waals surface area contributed by atoms with Crippen LogP contribution in [0, 0.1) is 6.92 Å². The lowest BCUT2D eigenvalue weighted by molar-refractivity contribution is 0.548. The van der Waals surface area contributed by atoms with E-state index in [0.29, 0.717) is 6.04 Å². The van der Waals surface area contributed by atoms with Gasteiger partial charge in [-0.05, 0) is 19.8 Å². The normalized spacial score (nSPS) is 20.0. The third-order valence-electron chi connectivity index (χ3n) is 2.47. The molecule has 0 bridgehead atoms. The van der Waals surface area contributed by atoms with Gasteiger partial charge < -0.3 is 10.3 Å². The van der Waals surface area contributed by atoms with Crippen molar-refractivity contribution in [3.05, 3.63) is 11.6 Å². The summed E-state index contributed by atoms with van der Waals surface area (Å²) in [5.74, 6) is 2.11. The fourth-order valence-electron chi connectivity index (χ4n) is 1.65. The Labute approximate surface area is 96.1 Å². The minimum atomic E-state index is 0. The lowest BCUT2D eigenvalue weighted by Gasteiger charge is -2.05. The van der Waals surface area contributed by atoms with E-state index >= 15 is 0 Å². The van der Waals surface area contributed by atoms with E-state index in [1.54, 1.807) is 0 Å². The zero-order chi connectivity index (χ0) is 8.55. The second-order valence-corrected chi connectivity index (χ2v) is 3.40. The third kappa shape index (κ3) is 2.59. The summed E-state index contributed by atoms with van der Waals surface area (Å²) in [6.45, 7) is 2.97. The van der Waals surface area contributed by atoms with Gasteiger partial charge in [0, 0.05) is 19.0 Å². The molecule has 1 aromatic heterocycles. The quantitative estimate of drug-likeness (QED) is 0.737. The summed E-state index contributed by atoms with van der Waals surface area (Å²) in [5, 5.41) is 8.15.